The number of hydrogen-bond acceptors (Lipinski definition) is 7. The van der Waals surface area contributed by atoms with Crippen molar-refractivity contribution in [2.24, 2.45) is 0 Å². The van der Waals surface area contributed by atoms with Crippen molar-refractivity contribution in [1.29, 1.82) is 0 Å². The number of aliphatic hydroxyl groups is 1. The van der Waals surface area contributed by atoms with Crippen molar-refractivity contribution in [2.45, 2.75) is 19.4 Å². The zero-order valence-corrected chi connectivity index (χ0v) is 13.7. The minimum absolute atomic E-state index is 0.0420. The third-order valence-corrected chi connectivity index (χ3v) is 2.59. The fourth-order valence-electron chi connectivity index (χ4n) is 1.48. The average molecular weight is 378 g/mol. The van der Waals surface area contributed by atoms with E-state index in [1.54, 1.807) is 0 Å². The van der Waals surface area contributed by atoms with Gasteiger partial charge >= 0.3 is 18.3 Å². The number of halogens is 3. The van der Waals surface area contributed by atoms with Gasteiger partial charge in [-0.2, -0.15) is 0 Å². The van der Waals surface area contributed by atoms with Crippen LogP contribution in [0, 0.1) is 0 Å². The highest BCUT2D eigenvalue weighted by Crippen LogP contribution is 2.25. The molecule has 0 aromatic heterocycles. The van der Waals surface area contributed by atoms with Crippen LogP contribution in [0.4, 0.5) is 13.2 Å². The van der Waals surface area contributed by atoms with Gasteiger partial charge in [-0.05, 0) is 19.1 Å². The number of esters is 2. The molecule has 0 aliphatic heterocycles. The molecule has 0 heterocycles. The highest BCUT2D eigenvalue weighted by atomic mass is 19.4. The molecule has 1 atom stereocenters. The Morgan fingerprint density at radius 2 is 1.81 bits per heavy atom. The summed E-state index contributed by atoms with van der Waals surface area (Å²) in [5, 5.41) is 9.51. The maximum atomic E-state index is 12.1. The monoisotopic (exact) mass is 378 g/mol. The number of aliphatic hydroxyl groups excluding tert-OH is 1. The first-order valence-corrected chi connectivity index (χ1v) is 7.22. The van der Waals surface area contributed by atoms with Gasteiger partial charge in [0.25, 0.3) is 0 Å². The van der Waals surface area contributed by atoms with Crippen LogP contribution in [0.1, 0.15) is 6.92 Å². The fourth-order valence-corrected chi connectivity index (χ4v) is 1.48. The van der Waals surface area contributed by atoms with Gasteiger partial charge in [-0.15, -0.1) is 13.2 Å². The van der Waals surface area contributed by atoms with Crippen molar-refractivity contribution in [3.8, 4) is 11.5 Å². The number of carbonyl (C=O) groups is 2. The van der Waals surface area contributed by atoms with E-state index >= 15 is 0 Å². The summed E-state index contributed by atoms with van der Waals surface area (Å²) >= 11 is 0. The largest absolute Gasteiger partial charge is 0.573 e. The Morgan fingerprint density at radius 1 is 1.19 bits per heavy atom. The smallest absolute Gasteiger partial charge is 0.482 e. The lowest BCUT2D eigenvalue weighted by Gasteiger charge is -2.13. The van der Waals surface area contributed by atoms with E-state index in [1.165, 1.54) is 19.1 Å². The van der Waals surface area contributed by atoms with Crippen LogP contribution in [0.25, 0.3) is 0 Å². The molecule has 0 aliphatic rings. The molecule has 1 aromatic carbocycles. The van der Waals surface area contributed by atoms with Crippen LogP contribution in [0.5, 0.6) is 11.5 Å². The zero-order valence-electron chi connectivity index (χ0n) is 13.7. The third kappa shape index (κ3) is 8.92. The molecule has 0 saturated carbocycles. The molecule has 0 aliphatic carbocycles. The van der Waals surface area contributed by atoms with E-state index in [2.05, 4.69) is 16.1 Å². The van der Waals surface area contributed by atoms with Gasteiger partial charge in [-0.1, -0.05) is 12.6 Å². The molecule has 0 spiro atoms. The normalized spacial score (nSPS) is 12.0. The summed E-state index contributed by atoms with van der Waals surface area (Å²) in [6.45, 7) is 3.34. The zero-order chi connectivity index (χ0) is 19.7. The number of rotatable bonds is 9. The summed E-state index contributed by atoms with van der Waals surface area (Å²) in [5.41, 5.74) is 0.152. The van der Waals surface area contributed by atoms with Crippen LogP contribution >= 0.6 is 0 Å². The minimum atomic E-state index is -4.85. The Hall–Kier alpha value is -2.75. The molecule has 10 heteroatoms. The number of carbonyl (C=O) groups excluding carboxylic acids is 2. The molecule has 0 bridgehead atoms. The highest BCUT2D eigenvalue weighted by Gasteiger charge is 2.31. The molecule has 0 radical (unpaired) electrons. The number of hydrogen-bond donors (Lipinski definition) is 1. The number of benzene rings is 1. The molecule has 1 rings (SSSR count). The van der Waals surface area contributed by atoms with E-state index in [9.17, 15) is 27.9 Å². The second-order valence-corrected chi connectivity index (χ2v) is 5.03. The Labute approximate surface area is 146 Å². The first-order valence-electron chi connectivity index (χ1n) is 7.22. The van der Waals surface area contributed by atoms with Gasteiger partial charge in [-0.3, -0.25) is 0 Å². The minimum Gasteiger partial charge on any atom is -0.482 e. The van der Waals surface area contributed by atoms with Gasteiger partial charge in [0, 0.05) is 11.6 Å². The molecule has 1 unspecified atom stereocenters. The average Bonchev–Trinajstić information content (AvgIpc) is 2.54. The summed E-state index contributed by atoms with van der Waals surface area (Å²) in [6.07, 6.45) is -6.09. The molecular weight excluding hydrogens is 361 g/mol. The summed E-state index contributed by atoms with van der Waals surface area (Å²) in [6, 6.07) is 4.60. The highest BCUT2D eigenvalue weighted by molar-refractivity contribution is 5.86. The predicted octanol–water partition coefficient (Wildman–Crippen LogP) is 1.99. The van der Waals surface area contributed by atoms with Gasteiger partial charge in [0.15, 0.2) is 6.61 Å². The third-order valence-electron chi connectivity index (χ3n) is 2.59. The lowest BCUT2D eigenvalue weighted by atomic mass is 10.3. The lowest BCUT2D eigenvalue weighted by molar-refractivity contribution is -0.274. The summed E-state index contributed by atoms with van der Waals surface area (Å²) in [4.78, 5) is 22.6. The topological polar surface area (TPSA) is 91.3 Å². The molecular formula is C16H17F3O7. The van der Waals surface area contributed by atoms with Crippen molar-refractivity contribution in [3.63, 3.8) is 0 Å². The molecule has 1 aromatic rings. The van der Waals surface area contributed by atoms with Gasteiger partial charge < -0.3 is 24.1 Å². The quantitative estimate of drug-likeness (QED) is 0.519. The molecule has 1 N–H and O–H groups in total. The fraction of sp³-hybridized carbons (Fsp3) is 0.375. The SMILES string of the molecule is C=C(C)C(=O)OCC(O)COC(=O)COc1cccc(OC(F)(F)F)c1. The first kappa shape index (κ1) is 21.3. The van der Waals surface area contributed by atoms with Gasteiger partial charge in [-0.25, -0.2) is 9.59 Å². The molecule has 0 amide bonds. The molecule has 26 heavy (non-hydrogen) atoms. The van der Waals surface area contributed by atoms with Crippen molar-refractivity contribution in [2.75, 3.05) is 19.8 Å². The van der Waals surface area contributed by atoms with Crippen LogP contribution in [-0.2, 0) is 19.1 Å². The maximum Gasteiger partial charge on any atom is 0.573 e. The summed E-state index contributed by atoms with van der Waals surface area (Å²) in [5.74, 6) is -2.12. The predicted molar refractivity (Wildman–Crippen MR) is 81.4 cm³/mol. The molecule has 7 nitrogen and oxygen atoms in total. The van der Waals surface area contributed by atoms with E-state index in [1.807, 2.05) is 0 Å². The maximum absolute atomic E-state index is 12.1. The Bertz CT molecular complexity index is 643. The summed E-state index contributed by atoms with van der Waals surface area (Å²) < 4.78 is 54.4. The number of ether oxygens (including phenoxy) is 4. The van der Waals surface area contributed by atoms with Crippen molar-refractivity contribution in [1.82, 2.24) is 0 Å². The van der Waals surface area contributed by atoms with Crippen LogP contribution in [0.15, 0.2) is 36.4 Å². The van der Waals surface area contributed by atoms with Gasteiger partial charge in [0.1, 0.15) is 30.8 Å². The van der Waals surface area contributed by atoms with Crippen LogP contribution in [0.2, 0.25) is 0 Å². The van der Waals surface area contributed by atoms with Crippen molar-refractivity contribution in [3.05, 3.63) is 36.4 Å². The van der Waals surface area contributed by atoms with Crippen LogP contribution in [-0.4, -0.2) is 49.3 Å². The van der Waals surface area contributed by atoms with Gasteiger partial charge in [0.2, 0.25) is 0 Å². The van der Waals surface area contributed by atoms with Crippen molar-refractivity contribution < 1.29 is 46.8 Å². The van der Waals surface area contributed by atoms with Crippen LogP contribution < -0.4 is 9.47 Å². The van der Waals surface area contributed by atoms with E-state index in [-0.39, 0.29) is 11.3 Å². The number of alkyl halides is 3. The standard InChI is InChI=1S/C16H17F3O7/c1-10(2)15(22)25-8-11(20)7-24-14(21)9-23-12-4-3-5-13(6-12)26-16(17,18)19/h3-6,11,20H,1,7-9H2,2H3. The second kappa shape index (κ2) is 9.66. The molecule has 144 valence electrons. The summed E-state index contributed by atoms with van der Waals surface area (Å²) in [7, 11) is 0. The van der Waals surface area contributed by atoms with E-state index in [0.717, 1.165) is 12.1 Å². The van der Waals surface area contributed by atoms with Crippen molar-refractivity contribution >= 4 is 11.9 Å². The second-order valence-electron chi connectivity index (χ2n) is 5.03. The first-order chi connectivity index (χ1) is 12.1. The van der Waals surface area contributed by atoms with Crippen LogP contribution in [0.3, 0.4) is 0 Å². The molecule has 0 saturated heterocycles. The Morgan fingerprint density at radius 3 is 2.42 bits per heavy atom. The lowest BCUT2D eigenvalue weighted by Crippen LogP contribution is -2.27. The van der Waals surface area contributed by atoms with Gasteiger partial charge in [0.05, 0.1) is 0 Å². The Balaban J connectivity index is 2.35. The van der Waals surface area contributed by atoms with E-state index < -0.39 is 50.0 Å². The molecule has 0 fully saturated rings. The Kier molecular flexibility index (Phi) is 7.91. The van der Waals surface area contributed by atoms with E-state index in [4.69, 9.17) is 9.47 Å². The van der Waals surface area contributed by atoms with E-state index in [0.29, 0.717) is 0 Å².